The third-order valence-electron chi connectivity index (χ3n) is 2.44. The normalized spacial score (nSPS) is 24.5. The third-order valence-corrected chi connectivity index (χ3v) is 2.44. The van der Waals surface area contributed by atoms with Crippen molar-refractivity contribution in [2.75, 3.05) is 27.4 Å². The molecule has 4 nitrogen and oxygen atoms in total. The lowest BCUT2D eigenvalue weighted by molar-refractivity contribution is -0.119. The van der Waals surface area contributed by atoms with Crippen molar-refractivity contribution in [3.05, 3.63) is 0 Å². The smallest absolute Gasteiger partial charge is 0.220 e. The Hall–Kier alpha value is -0.610. The van der Waals surface area contributed by atoms with Crippen molar-refractivity contribution in [3.63, 3.8) is 0 Å². The summed E-state index contributed by atoms with van der Waals surface area (Å²) >= 11 is 0. The second-order valence-electron chi connectivity index (χ2n) is 3.32. The standard InChI is InChI=1S/C9H17NO3/c1-12-4-3-8(13-2)7-5-9(11)10-6-7/h7-8H,3-6H2,1-2H3,(H,10,11)/t7-,8?/m1/s1. The van der Waals surface area contributed by atoms with Crippen molar-refractivity contribution in [2.24, 2.45) is 5.92 Å². The number of carbonyl (C=O) groups excluding carboxylic acids is 1. The maximum Gasteiger partial charge on any atom is 0.220 e. The van der Waals surface area contributed by atoms with Crippen LogP contribution in [0.4, 0.5) is 0 Å². The van der Waals surface area contributed by atoms with Crippen molar-refractivity contribution >= 4 is 5.91 Å². The average molecular weight is 187 g/mol. The molecule has 1 amide bonds. The molecule has 0 aromatic carbocycles. The number of amides is 1. The van der Waals surface area contributed by atoms with Gasteiger partial charge in [0.25, 0.3) is 0 Å². The Morgan fingerprint density at radius 2 is 2.38 bits per heavy atom. The molecule has 1 saturated heterocycles. The lowest BCUT2D eigenvalue weighted by Gasteiger charge is -2.19. The molecule has 2 atom stereocenters. The first-order valence-corrected chi connectivity index (χ1v) is 4.56. The number of methoxy groups -OCH3 is 2. The maximum absolute atomic E-state index is 10.9. The van der Waals surface area contributed by atoms with Crippen LogP contribution in [0.3, 0.4) is 0 Å². The highest BCUT2D eigenvalue weighted by Crippen LogP contribution is 2.18. The third kappa shape index (κ3) is 2.97. The lowest BCUT2D eigenvalue weighted by atomic mass is 9.99. The largest absolute Gasteiger partial charge is 0.385 e. The average Bonchev–Trinajstić information content (AvgIpc) is 2.54. The van der Waals surface area contributed by atoms with E-state index in [2.05, 4.69) is 5.32 Å². The highest BCUT2D eigenvalue weighted by atomic mass is 16.5. The second-order valence-corrected chi connectivity index (χ2v) is 3.32. The van der Waals surface area contributed by atoms with Gasteiger partial charge in [-0.25, -0.2) is 0 Å². The van der Waals surface area contributed by atoms with Crippen LogP contribution in [0.15, 0.2) is 0 Å². The van der Waals surface area contributed by atoms with E-state index in [1.54, 1.807) is 14.2 Å². The summed E-state index contributed by atoms with van der Waals surface area (Å²) in [4.78, 5) is 10.9. The number of hydrogen-bond donors (Lipinski definition) is 1. The van der Waals surface area contributed by atoms with Gasteiger partial charge in [0.05, 0.1) is 6.10 Å². The Balaban J connectivity index is 2.33. The molecule has 0 aromatic heterocycles. The van der Waals surface area contributed by atoms with Crippen LogP contribution in [0, 0.1) is 5.92 Å². The summed E-state index contributed by atoms with van der Waals surface area (Å²) in [5, 5.41) is 2.80. The number of ether oxygens (including phenoxy) is 2. The zero-order valence-electron chi connectivity index (χ0n) is 8.21. The van der Waals surface area contributed by atoms with Gasteiger partial charge in [-0.2, -0.15) is 0 Å². The van der Waals surface area contributed by atoms with Crippen molar-refractivity contribution in [1.82, 2.24) is 5.32 Å². The number of carbonyl (C=O) groups is 1. The summed E-state index contributed by atoms with van der Waals surface area (Å²) < 4.78 is 10.3. The minimum atomic E-state index is 0.129. The first-order valence-electron chi connectivity index (χ1n) is 4.56. The first-order chi connectivity index (χ1) is 6.27. The first kappa shape index (κ1) is 10.5. The molecule has 13 heavy (non-hydrogen) atoms. The molecule has 1 rings (SSSR count). The SMILES string of the molecule is COCCC(OC)[C@H]1CNC(=O)C1. The van der Waals surface area contributed by atoms with Crippen LogP contribution in [-0.2, 0) is 14.3 Å². The minimum absolute atomic E-state index is 0.129. The molecule has 76 valence electrons. The fourth-order valence-corrected chi connectivity index (χ4v) is 1.67. The van der Waals surface area contributed by atoms with Gasteiger partial charge in [-0.3, -0.25) is 4.79 Å². The molecule has 1 heterocycles. The molecule has 1 N–H and O–H groups in total. The van der Waals surface area contributed by atoms with Crippen molar-refractivity contribution in [3.8, 4) is 0 Å². The summed E-state index contributed by atoms with van der Waals surface area (Å²) in [6.07, 6.45) is 1.58. The zero-order valence-corrected chi connectivity index (χ0v) is 8.21. The van der Waals surface area contributed by atoms with Crippen LogP contribution in [0.1, 0.15) is 12.8 Å². The molecule has 4 heteroatoms. The Kier molecular flexibility index (Phi) is 4.18. The number of rotatable bonds is 5. The van der Waals surface area contributed by atoms with E-state index < -0.39 is 0 Å². The van der Waals surface area contributed by atoms with Crippen molar-refractivity contribution < 1.29 is 14.3 Å². The molecule has 0 aromatic rings. The van der Waals surface area contributed by atoms with Gasteiger partial charge in [-0.1, -0.05) is 0 Å². The topological polar surface area (TPSA) is 47.6 Å². The monoisotopic (exact) mass is 187 g/mol. The zero-order chi connectivity index (χ0) is 9.68. The molecule has 1 aliphatic heterocycles. The fraction of sp³-hybridized carbons (Fsp3) is 0.889. The Morgan fingerprint density at radius 1 is 1.62 bits per heavy atom. The maximum atomic E-state index is 10.9. The van der Waals surface area contributed by atoms with E-state index in [0.29, 0.717) is 18.9 Å². The number of hydrogen-bond acceptors (Lipinski definition) is 3. The van der Waals surface area contributed by atoms with Crippen LogP contribution in [0.2, 0.25) is 0 Å². The Labute approximate surface area is 78.6 Å². The molecule has 1 unspecified atom stereocenters. The van der Waals surface area contributed by atoms with E-state index in [0.717, 1.165) is 13.0 Å². The predicted octanol–water partition coefficient (Wildman–Crippen LogP) is 0.174. The predicted molar refractivity (Wildman–Crippen MR) is 48.4 cm³/mol. The van der Waals surface area contributed by atoms with Crippen LogP contribution < -0.4 is 5.32 Å². The molecule has 1 fully saturated rings. The van der Waals surface area contributed by atoms with Gasteiger partial charge < -0.3 is 14.8 Å². The van der Waals surface area contributed by atoms with E-state index in [1.165, 1.54) is 0 Å². The van der Waals surface area contributed by atoms with E-state index in [9.17, 15) is 4.79 Å². The van der Waals surface area contributed by atoms with Gasteiger partial charge in [0.1, 0.15) is 0 Å². The highest BCUT2D eigenvalue weighted by molar-refractivity contribution is 5.78. The van der Waals surface area contributed by atoms with Crippen LogP contribution >= 0.6 is 0 Å². The van der Waals surface area contributed by atoms with Crippen molar-refractivity contribution in [1.29, 1.82) is 0 Å². The molecular formula is C9H17NO3. The summed E-state index contributed by atoms with van der Waals surface area (Å²) in [6.45, 7) is 1.42. The molecule has 0 aliphatic carbocycles. The molecule has 0 radical (unpaired) electrons. The second kappa shape index (κ2) is 5.19. The van der Waals surface area contributed by atoms with E-state index in [4.69, 9.17) is 9.47 Å². The lowest BCUT2D eigenvalue weighted by Crippen LogP contribution is -2.26. The molecule has 0 spiro atoms. The van der Waals surface area contributed by atoms with Gasteiger partial charge in [-0.15, -0.1) is 0 Å². The van der Waals surface area contributed by atoms with E-state index in [-0.39, 0.29) is 12.0 Å². The minimum Gasteiger partial charge on any atom is -0.385 e. The summed E-state index contributed by atoms with van der Waals surface area (Å²) in [7, 11) is 3.36. The number of nitrogens with one attached hydrogen (secondary N) is 1. The van der Waals surface area contributed by atoms with Crippen molar-refractivity contribution in [2.45, 2.75) is 18.9 Å². The van der Waals surface area contributed by atoms with Crippen LogP contribution in [0.25, 0.3) is 0 Å². The molecule has 1 aliphatic rings. The summed E-state index contributed by atoms with van der Waals surface area (Å²) in [6, 6.07) is 0. The molecule has 0 bridgehead atoms. The van der Waals surface area contributed by atoms with Gasteiger partial charge in [0.15, 0.2) is 0 Å². The molecular weight excluding hydrogens is 170 g/mol. The van der Waals surface area contributed by atoms with Gasteiger partial charge >= 0.3 is 0 Å². The summed E-state index contributed by atoms with van der Waals surface area (Å²) in [5.41, 5.74) is 0. The van der Waals surface area contributed by atoms with Gasteiger partial charge in [-0.05, 0) is 6.42 Å². The van der Waals surface area contributed by atoms with Gasteiger partial charge in [0, 0.05) is 39.7 Å². The quantitative estimate of drug-likeness (QED) is 0.667. The molecule has 0 saturated carbocycles. The van der Waals surface area contributed by atoms with E-state index in [1.807, 2.05) is 0 Å². The Morgan fingerprint density at radius 3 is 2.85 bits per heavy atom. The Bertz CT molecular complexity index is 172. The van der Waals surface area contributed by atoms with Gasteiger partial charge in [0.2, 0.25) is 5.91 Å². The van der Waals surface area contributed by atoms with Crippen LogP contribution in [0.5, 0.6) is 0 Å². The van der Waals surface area contributed by atoms with Crippen LogP contribution in [-0.4, -0.2) is 39.4 Å². The fourth-order valence-electron chi connectivity index (χ4n) is 1.67. The van der Waals surface area contributed by atoms with E-state index >= 15 is 0 Å². The summed E-state index contributed by atoms with van der Waals surface area (Å²) in [5.74, 6) is 0.442. The highest BCUT2D eigenvalue weighted by Gasteiger charge is 2.28.